The normalized spacial score (nSPS) is 10.9. The van der Waals surface area contributed by atoms with E-state index < -0.39 is 5.97 Å². The highest BCUT2D eigenvalue weighted by Crippen LogP contribution is 2.34. The molecular formula is C12H10N4O2S2. The Morgan fingerprint density at radius 1 is 1.25 bits per heavy atom. The summed E-state index contributed by atoms with van der Waals surface area (Å²) in [6.45, 7) is 3.74. The van der Waals surface area contributed by atoms with Crippen molar-refractivity contribution in [2.75, 3.05) is 5.32 Å². The molecule has 102 valence electrons. The van der Waals surface area contributed by atoms with Crippen LogP contribution in [-0.4, -0.2) is 26.0 Å². The number of rotatable bonds is 3. The smallest absolute Gasteiger partial charge is 0.346 e. The predicted molar refractivity (Wildman–Crippen MR) is 79.2 cm³/mol. The van der Waals surface area contributed by atoms with Crippen LogP contribution in [0.1, 0.15) is 20.1 Å². The zero-order valence-corrected chi connectivity index (χ0v) is 12.3. The Balaban J connectivity index is 2.13. The van der Waals surface area contributed by atoms with Crippen molar-refractivity contribution in [3.63, 3.8) is 0 Å². The Kier molecular flexibility index (Phi) is 3.11. The van der Waals surface area contributed by atoms with E-state index in [1.807, 2.05) is 6.92 Å². The molecule has 0 radical (unpaired) electrons. The average molecular weight is 306 g/mol. The predicted octanol–water partition coefficient (Wildman–Crippen LogP) is 3.21. The first-order chi connectivity index (χ1) is 9.56. The number of nitrogens with one attached hydrogen (secondary N) is 1. The van der Waals surface area contributed by atoms with Crippen molar-refractivity contribution < 1.29 is 9.90 Å². The summed E-state index contributed by atoms with van der Waals surface area (Å²) in [5.41, 5.74) is 0.675. The van der Waals surface area contributed by atoms with Gasteiger partial charge in [0.2, 0.25) is 0 Å². The number of nitrogens with zero attached hydrogens (tertiary/aromatic N) is 3. The van der Waals surface area contributed by atoms with E-state index in [9.17, 15) is 9.90 Å². The number of carboxylic acid groups (broad SMARTS) is 1. The van der Waals surface area contributed by atoms with Crippen molar-refractivity contribution in [1.29, 1.82) is 0 Å². The molecule has 0 fully saturated rings. The van der Waals surface area contributed by atoms with Crippen LogP contribution in [-0.2, 0) is 0 Å². The molecule has 0 saturated carbocycles. The van der Waals surface area contributed by atoms with E-state index in [-0.39, 0.29) is 0 Å². The van der Waals surface area contributed by atoms with E-state index in [0.29, 0.717) is 21.1 Å². The minimum absolute atomic E-state index is 0.291. The molecule has 0 aliphatic carbocycles. The number of anilines is 2. The van der Waals surface area contributed by atoms with Crippen LogP contribution in [0.15, 0.2) is 12.5 Å². The Bertz CT molecular complexity index is 809. The van der Waals surface area contributed by atoms with Crippen molar-refractivity contribution in [1.82, 2.24) is 15.0 Å². The van der Waals surface area contributed by atoms with Crippen molar-refractivity contribution in [3.05, 3.63) is 27.8 Å². The molecule has 3 rings (SSSR count). The number of thiophene rings is 1. The lowest BCUT2D eigenvalue weighted by molar-refractivity contribution is 0.0701. The van der Waals surface area contributed by atoms with Gasteiger partial charge in [-0.15, -0.1) is 22.7 Å². The molecule has 0 amide bonds. The lowest BCUT2D eigenvalue weighted by Gasteiger charge is -2.03. The zero-order valence-electron chi connectivity index (χ0n) is 10.7. The second-order valence-corrected chi connectivity index (χ2v) is 6.40. The van der Waals surface area contributed by atoms with Gasteiger partial charge >= 0.3 is 5.97 Å². The summed E-state index contributed by atoms with van der Waals surface area (Å²) in [4.78, 5) is 25.8. The van der Waals surface area contributed by atoms with Crippen molar-refractivity contribution in [3.8, 4) is 0 Å². The molecule has 0 unspecified atom stereocenters. The van der Waals surface area contributed by atoms with E-state index in [4.69, 9.17) is 0 Å². The van der Waals surface area contributed by atoms with Crippen LogP contribution in [0, 0.1) is 13.8 Å². The fourth-order valence-electron chi connectivity index (χ4n) is 1.88. The number of carbonyl (C=O) groups is 1. The van der Waals surface area contributed by atoms with Gasteiger partial charge in [-0.3, -0.25) is 0 Å². The zero-order chi connectivity index (χ0) is 14.3. The number of carboxylic acids is 1. The number of thiazole rings is 1. The molecule has 3 aromatic rings. The summed E-state index contributed by atoms with van der Waals surface area (Å²) in [7, 11) is 0. The van der Waals surface area contributed by atoms with E-state index in [1.165, 1.54) is 17.7 Å². The maximum Gasteiger partial charge on any atom is 0.346 e. The molecule has 0 aliphatic rings. The number of hydrogen-bond acceptors (Lipinski definition) is 7. The number of fused-ring (bicyclic) bond motifs is 1. The van der Waals surface area contributed by atoms with Crippen molar-refractivity contribution in [2.24, 2.45) is 0 Å². The third-order valence-corrected chi connectivity index (χ3v) is 4.78. The van der Waals surface area contributed by atoms with Gasteiger partial charge in [0.05, 0.1) is 5.39 Å². The highest BCUT2D eigenvalue weighted by Gasteiger charge is 2.18. The molecule has 0 saturated heterocycles. The second-order valence-electron chi connectivity index (χ2n) is 4.16. The quantitative estimate of drug-likeness (QED) is 0.772. The second kappa shape index (κ2) is 4.80. The fourth-order valence-corrected chi connectivity index (χ4v) is 3.54. The molecule has 0 aliphatic heterocycles. The monoisotopic (exact) mass is 306 g/mol. The maximum atomic E-state index is 11.2. The third-order valence-electron chi connectivity index (χ3n) is 2.77. The fraction of sp³-hybridized carbons (Fsp3) is 0.167. The molecule has 0 bridgehead atoms. The van der Waals surface area contributed by atoms with Crippen LogP contribution in [0.4, 0.5) is 10.9 Å². The largest absolute Gasteiger partial charge is 0.477 e. The molecule has 0 aromatic carbocycles. The molecule has 0 spiro atoms. The lowest BCUT2D eigenvalue weighted by Crippen LogP contribution is -1.96. The van der Waals surface area contributed by atoms with E-state index >= 15 is 0 Å². The van der Waals surface area contributed by atoms with Crippen LogP contribution in [0.2, 0.25) is 0 Å². The highest BCUT2D eigenvalue weighted by molar-refractivity contribution is 7.20. The standard InChI is InChI=1S/C12H10N4O2S2/c1-5-3-13-12(19-5)16-9-7-6(2)8(11(17)18)20-10(7)15-4-14-9/h3-4H,1-2H3,(H,17,18)(H,13,14,15,16). The molecule has 3 aromatic heterocycles. The lowest BCUT2D eigenvalue weighted by atomic mass is 10.2. The van der Waals surface area contributed by atoms with Gasteiger partial charge in [-0.05, 0) is 19.4 Å². The Hall–Kier alpha value is -2.06. The van der Waals surface area contributed by atoms with Crippen LogP contribution < -0.4 is 5.32 Å². The average Bonchev–Trinajstić information content (AvgIpc) is 2.95. The number of hydrogen-bond donors (Lipinski definition) is 2. The molecule has 3 heterocycles. The SMILES string of the molecule is Cc1cnc(Nc2ncnc3sc(C(=O)O)c(C)c23)s1. The molecule has 8 heteroatoms. The van der Waals surface area contributed by atoms with Gasteiger partial charge < -0.3 is 10.4 Å². The summed E-state index contributed by atoms with van der Waals surface area (Å²) in [6, 6.07) is 0. The van der Waals surface area contributed by atoms with Crippen molar-refractivity contribution in [2.45, 2.75) is 13.8 Å². The Labute approximate surface area is 122 Å². The van der Waals surface area contributed by atoms with Gasteiger partial charge in [0.15, 0.2) is 5.13 Å². The summed E-state index contributed by atoms with van der Waals surface area (Å²) in [5, 5.41) is 13.8. The number of aromatic carboxylic acids is 1. The molecular weight excluding hydrogens is 296 g/mol. The van der Waals surface area contributed by atoms with Gasteiger partial charge in [-0.2, -0.15) is 0 Å². The molecule has 2 N–H and O–H groups in total. The van der Waals surface area contributed by atoms with Gasteiger partial charge in [-0.1, -0.05) is 0 Å². The first-order valence-corrected chi connectivity index (χ1v) is 7.36. The molecule has 0 atom stereocenters. The summed E-state index contributed by atoms with van der Waals surface area (Å²) < 4.78 is 0. The van der Waals surface area contributed by atoms with Gasteiger partial charge in [0.1, 0.15) is 21.9 Å². The first kappa shape index (κ1) is 12.9. The van der Waals surface area contributed by atoms with Gasteiger partial charge in [-0.25, -0.2) is 19.7 Å². The number of aryl methyl sites for hydroxylation is 2. The minimum Gasteiger partial charge on any atom is -0.477 e. The topological polar surface area (TPSA) is 88.0 Å². The maximum absolute atomic E-state index is 11.2. The van der Waals surface area contributed by atoms with E-state index in [0.717, 1.165) is 26.7 Å². The highest BCUT2D eigenvalue weighted by atomic mass is 32.1. The Morgan fingerprint density at radius 2 is 2.05 bits per heavy atom. The number of aromatic nitrogens is 3. The van der Waals surface area contributed by atoms with Gasteiger partial charge in [0.25, 0.3) is 0 Å². The van der Waals surface area contributed by atoms with Gasteiger partial charge in [0, 0.05) is 11.1 Å². The van der Waals surface area contributed by atoms with Crippen LogP contribution in [0.3, 0.4) is 0 Å². The van der Waals surface area contributed by atoms with E-state index in [2.05, 4.69) is 20.3 Å². The van der Waals surface area contributed by atoms with Crippen LogP contribution in [0.25, 0.3) is 10.2 Å². The Morgan fingerprint density at radius 3 is 2.70 bits per heavy atom. The summed E-state index contributed by atoms with van der Waals surface area (Å²) in [6.07, 6.45) is 3.20. The van der Waals surface area contributed by atoms with E-state index in [1.54, 1.807) is 13.1 Å². The summed E-state index contributed by atoms with van der Waals surface area (Å²) >= 11 is 2.67. The first-order valence-electron chi connectivity index (χ1n) is 5.73. The van der Waals surface area contributed by atoms with Crippen LogP contribution >= 0.6 is 22.7 Å². The van der Waals surface area contributed by atoms with Crippen LogP contribution in [0.5, 0.6) is 0 Å². The van der Waals surface area contributed by atoms with Crippen molar-refractivity contribution >= 4 is 49.8 Å². The molecule has 20 heavy (non-hydrogen) atoms. The minimum atomic E-state index is -0.943. The third kappa shape index (κ3) is 2.12. The molecule has 6 nitrogen and oxygen atoms in total. The summed E-state index contributed by atoms with van der Waals surface area (Å²) in [5.74, 6) is -0.354.